The van der Waals surface area contributed by atoms with E-state index in [-0.39, 0.29) is 12.4 Å². The first-order chi connectivity index (χ1) is 21.7. The summed E-state index contributed by atoms with van der Waals surface area (Å²) in [5.74, 6) is 1.02. The third-order valence-electron chi connectivity index (χ3n) is 7.55. The topological polar surface area (TPSA) is 133 Å². The highest BCUT2D eigenvalue weighted by Crippen LogP contribution is 2.25. The molecule has 0 bridgehead atoms. The van der Waals surface area contributed by atoms with E-state index in [0.717, 1.165) is 38.8 Å². The number of ether oxygens (including phenoxy) is 5. The Hall–Kier alpha value is -2.84. The molecule has 1 saturated heterocycles. The van der Waals surface area contributed by atoms with Gasteiger partial charge in [-0.1, -0.05) is 25.7 Å². The minimum Gasteiger partial charge on any atom is -0.488 e. The Morgan fingerprint density at radius 1 is 0.795 bits per heavy atom. The summed E-state index contributed by atoms with van der Waals surface area (Å²) in [7, 11) is 1.67. The van der Waals surface area contributed by atoms with Gasteiger partial charge in [0.05, 0.1) is 33.0 Å². The van der Waals surface area contributed by atoms with Gasteiger partial charge < -0.3 is 45.0 Å². The highest BCUT2D eigenvalue weighted by molar-refractivity contribution is 5.57. The second-order valence-electron chi connectivity index (χ2n) is 11.1. The Kier molecular flexibility index (Phi) is 15.7. The number of anilines is 4. The lowest BCUT2D eigenvalue weighted by Gasteiger charge is -2.18. The van der Waals surface area contributed by atoms with E-state index >= 15 is 0 Å². The number of methoxy groups -OCH3 is 1. The number of nitrogens with zero attached hydrogens (tertiary/aromatic N) is 3. The maximum atomic E-state index is 14.9. The zero-order valence-electron chi connectivity index (χ0n) is 26.1. The van der Waals surface area contributed by atoms with Crippen molar-refractivity contribution in [3.63, 3.8) is 0 Å². The lowest BCUT2D eigenvalue weighted by molar-refractivity contribution is 0.00652. The van der Waals surface area contributed by atoms with E-state index in [1.54, 1.807) is 19.2 Å². The lowest BCUT2D eigenvalue weighted by atomic mass is 10.1. The molecule has 2 aromatic rings. The zero-order valence-corrected chi connectivity index (χ0v) is 26.1. The van der Waals surface area contributed by atoms with Crippen molar-refractivity contribution in [2.24, 2.45) is 0 Å². The van der Waals surface area contributed by atoms with Gasteiger partial charge in [0.2, 0.25) is 17.8 Å². The molecule has 1 aliphatic heterocycles. The van der Waals surface area contributed by atoms with Crippen LogP contribution in [0.3, 0.4) is 0 Å². The smallest absolute Gasteiger partial charge is 0.233 e. The molecule has 2 aliphatic rings. The van der Waals surface area contributed by atoms with Crippen LogP contribution in [-0.2, 0) is 18.9 Å². The van der Waals surface area contributed by atoms with E-state index < -0.39 is 5.82 Å². The minimum atomic E-state index is -0.486. The molecule has 1 unspecified atom stereocenters. The number of hydrogen-bond donors (Lipinski definition) is 4. The number of hydrogen-bond acceptors (Lipinski definition) is 12. The summed E-state index contributed by atoms with van der Waals surface area (Å²) in [6.07, 6.45) is 10.3. The molecule has 12 nitrogen and oxygen atoms in total. The Balaban J connectivity index is 1.21. The van der Waals surface area contributed by atoms with Crippen LogP contribution >= 0.6 is 0 Å². The highest BCUT2D eigenvalue weighted by Gasteiger charge is 2.17. The molecule has 2 fully saturated rings. The normalized spacial score (nSPS) is 17.4. The summed E-state index contributed by atoms with van der Waals surface area (Å²) in [4.78, 5) is 13.8. The maximum absolute atomic E-state index is 14.9. The Morgan fingerprint density at radius 2 is 1.50 bits per heavy atom. The molecule has 2 heterocycles. The average molecular weight is 620 g/mol. The van der Waals surface area contributed by atoms with Gasteiger partial charge in [-0.2, -0.15) is 15.0 Å². The second kappa shape index (κ2) is 20.2. The van der Waals surface area contributed by atoms with Crippen LogP contribution < -0.4 is 26.0 Å². The molecule has 246 valence electrons. The monoisotopic (exact) mass is 619 g/mol. The highest BCUT2D eigenvalue weighted by atomic mass is 19.1. The Morgan fingerprint density at radius 3 is 2.20 bits per heavy atom. The molecule has 1 saturated carbocycles. The van der Waals surface area contributed by atoms with Crippen LogP contribution in [0.1, 0.15) is 57.8 Å². The van der Waals surface area contributed by atoms with Crippen molar-refractivity contribution < 1.29 is 28.1 Å². The van der Waals surface area contributed by atoms with E-state index in [1.807, 2.05) is 0 Å². The van der Waals surface area contributed by atoms with E-state index in [4.69, 9.17) is 23.7 Å². The van der Waals surface area contributed by atoms with Gasteiger partial charge in [0.25, 0.3) is 0 Å². The third-order valence-corrected chi connectivity index (χ3v) is 7.55. The van der Waals surface area contributed by atoms with Crippen molar-refractivity contribution in [1.29, 1.82) is 0 Å². The van der Waals surface area contributed by atoms with E-state index in [9.17, 15) is 4.39 Å². The molecule has 1 aromatic carbocycles. The minimum absolute atomic E-state index is 0.152. The summed E-state index contributed by atoms with van der Waals surface area (Å²) >= 11 is 0. The molecule has 1 aliphatic carbocycles. The van der Waals surface area contributed by atoms with Crippen LogP contribution in [0, 0.1) is 5.82 Å². The van der Waals surface area contributed by atoms with Crippen LogP contribution in [0.4, 0.5) is 27.9 Å². The Labute approximate surface area is 260 Å². The van der Waals surface area contributed by atoms with Crippen molar-refractivity contribution in [3.05, 3.63) is 24.0 Å². The summed E-state index contributed by atoms with van der Waals surface area (Å²) in [5.41, 5.74) is 0.515. The molecule has 0 spiro atoms. The van der Waals surface area contributed by atoms with Crippen LogP contribution in [-0.4, -0.2) is 100 Å². The molecule has 44 heavy (non-hydrogen) atoms. The summed E-state index contributed by atoms with van der Waals surface area (Å²) in [5, 5.41) is 13.5. The van der Waals surface area contributed by atoms with Crippen LogP contribution in [0.15, 0.2) is 18.2 Å². The molecule has 4 rings (SSSR count). The maximum Gasteiger partial charge on any atom is 0.233 e. The van der Waals surface area contributed by atoms with Gasteiger partial charge in [-0.3, -0.25) is 0 Å². The van der Waals surface area contributed by atoms with Gasteiger partial charge >= 0.3 is 0 Å². The molecule has 13 heteroatoms. The molecule has 4 N–H and O–H groups in total. The molecular weight excluding hydrogens is 569 g/mol. The van der Waals surface area contributed by atoms with Gasteiger partial charge in [-0.15, -0.1) is 0 Å². The lowest BCUT2D eigenvalue weighted by Crippen LogP contribution is -2.30. The third kappa shape index (κ3) is 13.0. The van der Waals surface area contributed by atoms with Crippen LogP contribution in [0.5, 0.6) is 5.75 Å². The van der Waals surface area contributed by atoms with E-state index in [0.29, 0.717) is 81.9 Å². The average Bonchev–Trinajstić information content (AvgIpc) is 3.42. The fourth-order valence-corrected chi connectivity index (χ4v) is 5.21. The summed E-state index contributed by atoms with van der Waals surface area (Å²) in [6.45, 7) is 5.60. The van der Waals surface area contributed by atoms with Gasteiger partial charge in [0, 0.05) is 50.7 Å². The largest absolute Gasteiger partial charge is 0.488 e. The predicted octanol–water partition coefficient (Wildman–Crippen LogP) is 4.52. The standard InChI is InChI=1S/C31H50FN7O5/c1-40-14-7-15-41-16-17-42-18-19-43-20-21-44-28-12-11-25(22-27(28)32)36-31-38-29(34-23-26-10-6-13-33-26)37-30(39-31)35-24-8-4-2-3-5-9-24/h11-12,22,24,26,33H,2-10,13-21,23H2,1H3,(H3,34,35,36,37,38,39). The molecular formula is C31H50FN7O5. The van der Waals surface area contributed by atoms with Crippen LogP contribution in [0.2, 0.25) is 0 Å². The summed E-state index contributed by atoms with van der Waals surface area (Å²) in [6, 6.07) is 5.42. The molecule has 0 amide bonds. The van der Waals surface area contributed by atoms with Crippen LogP contribution in [0.25, 0.3) is 0 Å². The van der Waals surface area contributed by atoms with Gasteiger partial charge in [0.1, 0.15) is 6.61 Å². The Bertz CT molecular complexity index is 1070. The number of aromatic nitrogens is 3. The number of halogens is 1. The van der Waals surface area contributed by atoms with E-state index in [2.05, 4.69) is 36.2 Å². The fraction of sp³-hybridized carbons (Fsp3) is 0.710. The molecule has 0 radical (unpaired) electrons. The first-order valence-electron chi connectivity index (χ1n) is 16.1. The van der Waals surface area contributed by atoms with Gasteiger partial charge in [0.15, 0.2) is 11.6 Å². The predicted molar refractivity (Wildman–Crippen MR) is 169 cm³/mol. The fourth-order valence-electron chi connectivity index (χ4n) is 5.21. The number of benzene rings is 1. The second-order valence-corrected chi connectivity index (χ2v) is 11.1. The number of rotatable bonds is 21. The van der Waals surface area contributed by atoms with Gasteiger partial charge in [-0.25, -0.2) is 4.39 Å². The summed E-state index contributed by atoms with van der Waals surface area (Å²) < 4.78 is 41.8. The first kappa shape index (κ1) is 34.0. The first-order valence-corrected chi connectivity index (χ1v) is 16.1. The zero-order chi connectivity index (χ0) is 30.7. The molecule has 1 atom stereocenters. The van der Waals surface area contributed by atoms with E-state index in [1.165, 1.54) is 38.2 Å². The quantitative estimate of drug-likeness (QED) is 0.116. The SMILES string of the molecule is COCCCOCCOCCOCCOc1ccc(Nc2nc(NCC3CCCN3)nc(NC3CCCCCC3)n2)cc1F. The number of nitrogens with one attached hydrogen (secondary N) is 4. The van der Waals surface area contributed by atoms with Crippen molar-refractivity contribution in [1.82, 2.24) is 20.3 Å². The van der Waals surface area contributed by atoms with Crippen molar-refractivity contribution >= 4 is 23.5 Å². The molecule has 1 aromatic heterocycles. The van der Waals surface area contributed by atoms with Crippen molar-refractivity contribution in [2.75, 3.05) is 89.0 Å². The van der Waals surface area contributed by atoms with Crippen molar-refractivity contribution in [2.45, 2.75) is 69.9 Å². The van der Waals surface area contributed by atoms with Crippen molar-refractivity contribution in [3.8, 4) is 5.75 Å². The van der Waals surface area contributed by atoms with Gasteiger partial charge in [-0.05, 0) is 50.8 Å².